The average Bonchev–Trinajstić information content (AvgIpc) is 2.62. The molecular weight excluding hydrogens is 320 g/mol. The number of aromatic nitrogens is 1. The smallest absolute Gasteiger partial charge is 0.339 e. The van der Waals surface area contributed by atoms with E-state index in [-0.39, 0.29) is 5.56 Å². The number of hydrogen-bond donors (Lipinski definition) is 1. The van der Waals surface area contributed by atoms with Gasteiger partial charge in [-0.2, -0.15) is 4.73 Å². The van der Waals surface area contributed by atoms with Crippen LogP contribution in [0.3, 0.4) is 0 Å². The van der Waals surface area contributed by atoms with Crippen molar-refractivity contribution in [3.05, 3.63) is 77.8 Å². The molecule has 0 aliphatic carbocycles. The van der Waals surface area contributed by atoms with E-state index < -0.39 is 18.0 Å². The van der Waals surface area contributed by atoms with Gasteiger partial charge in [0.1, 0.15) is 0 Å². The lowest BCUT2D eigenvalue weighted by Gasteiger charge is -2.14. The first-order valence-corrected chi connectivity index (χ1v) is 7.73. The normalized spacial score (nSPS) is 11.7. The number of fused-ring (bicyclic) bond motifs is 1. The van der Waals surface area contributed by atoms with Crippen molar-refractivity contribution in [3.63, 3.8) is 0 Å². The molecule has 0 unspecified atom stereocenters. The number of pyridine rings is 1. The van der Waals surface area contributed by atoms with Crippen LogP contribution in [0.15, 0.2) is 67.0 Å². The summed E-state index contributed by atoms with van der Waals surface area (Å²) in [5, 5.41) is 15.7. The Morgan fingerprint density at radius 1 is 1.04 bits per heavy atom. The van der Waals surface area contributed by atoms with E-state index in [1.807, 2.05) is 36.4 Å². The number of nitrogens with zero attached hydrogens (tertiary/aromatic N) is 1. The van der Waals surface area contributed by atoms with Crippen LogP contribution in [0.2, 0.25) is 0 Å². The highest BCUT2D eigenvalue weighted by molar-refractivity contribution is 6.04. The molecule has 3 aromatic rings. The zero-order chi connectivity index (χ0) is 17.8. The third-order valence-electron chi connectivity index (χ3n) is 3.74. The first-order valence-electron chi connectivity index (χ1n) is 7.73. The van der Waals surface area contributed by atoms with Crippen LogP contribution >= 0.6 is 0 Å². The number of esters is 1. The fraction of sp³-hybridized carbons (Fsp3) is 0.105. The maximum atomic E-state index is 12.3. The first kappa shape index (κ1) is 16.4. The SMILES string of the molecule is C[C@H](OC(=O)c1cc[n+]([O-])cc1)C(=O)Nc1cccc2ccccc12. The second-order valence-corrected chi connectivity index (χ2v) is 5.51. The topological polar surface area (TPSA) is 82.3 Å². The quantitative estimate of drug-likeness (QED) is 0.451. The minimum Gasteiger partial charge on any atom is -0.619 e. The number of carbonyl (C=O) groups is 2. The molecule has 6 heteroatoms. The van der Waals surface area contributed by atoms with Gasteiger partial charge in [-0.05, 0) is 18.4 Å². The van der Waals surface area contributed by atoms with Crippen LogP contribution in [0.25, 0.3) is 10.8 Å². The van der Waals surface area contributed by atoms with Gasteiger partial charge in [-0.3, -0.25) is 4.79 Å². The molecule has 1 amide bonds. The Morgan fingerprint density at radius 3 is 2.48 bits per heavy atom. The lowest BCUT2D eigenvalue weighted by atomic mass is 10.1. The summed E-state index contributed by atoms with van der Waals surface area (Å²) in [6.07, 6.45) is 1.40. The van der Waals surface area contributed by atoms with Crippen molar-refractivity contribution in [2.45, 2.75) is 13.0 Å². The molecule has 1 heterocycles. The summed E-state index contributed by atoms with van der Waals surface area (Å²) in [4.78, 5) is 24.4. The Kier molecular flexibility index (Phi) is 4.61. The second kappa shape index (κ2) is 7.00. The van der Waals surface area contributed by atoms with Crippen LogP contribution in [0.4, 0.5) is 5.69 Å². The Labute approximate surface area is 144 Å². The van der Waals surface area contributed by atoms with Gasteiger partial charge < -0.3 is 15.3 Å². The van der Waals surface area contributed by atoms with E-state index in [0.717, 1.165) is 10.8 Å². The summed E-state index contributed by atoms with van der Waals surface area (Å²) in [5.74, 6) is -1.10. The van der Waals surface area contributed by atoms with Crippen molar-refractivity contribution in [1.82, 2.24) is 0 Å². The Hall–Kier alpha value is -3.41. The zero-order valence-corrected chi connectivity index (χ0v) is 13.5. The summed E-state index contributed by atoms with van der Waals surface area (Å²) in [5.41, 5.74) is 0.856. The molecule has 3 rings (SSSR count). The number of nitrogens with one attached hydrogen (secondary N) is 1. The van der Waals surface area contributed by atoms with Crippen molar-refractivity contribution >= 4 is 28.3 Å². The van der Waals surface area contributed by atoms with Gasteiger partial charge in [0.15, 0.2) is 18.5 Å². The van der Waals surface area contributed by atoms with Crippen LogP contribution in [0.5, 0.6) is 0 Å². The van der Waals surface area contributed by atoms with Crippen molar-refractivity contribution < 1.29 is 19.1 Å². The van der Waals surface area contributed by atoms with Crippen LogP contribution in [-0.4, -0.2) is 18.0 Å². The monoisotopic (exact) mass is 336 g/mol. The average molecular weight is 336 g/mol. The summed E-state index contributed by atoms with van der Waals surface area (Å²) in [7, 11) is 0. The van der Waals surface area contributed by atoms with Gasteiger partial charge in [0.05, 0.1) is 5.56 Å². The molecule has 1 atom stereocenters. The summed E-state index contributed by atoms with van der Waals surface area (Å²) in [6, 6.07) is 15.9. The van der Waals surface area contributed by atoms with E-state index in [9.17, 15) is 14.8 Å². The predicted octanol–water partition coefficient (Wildman–Crippen LogP) is 2.66. The fourth-order valence-electron chi connectivity index (χ4n) is 2.40. The Balaban J connectivity index is 1.70. The van der Waals surface area contributed by atoms with Gasteiger partial charge >= 0.3 is 5.97 Å². The van der Waals surface area contributed by atoms with Crippen LogP contribution in [0, 0.1) is 5.21 Å². The number of benzene rings is 2. The minimum atomic E-state index is -0.981. The van der Waals surface area contributed by atoms with E-state index in [0.29, 0.717) is 10.4 Å². The first-order chi connectivity index (χ1) is 12.0. The maximum absolute atomic E-state index is 12.3. The molecule has 1 N–H and O–H groups in total. The molecule has 2 aromatic carbocycles. The van der Waals surface area contributed by atoms with E-state index in [4.69, 9.17) is 4.74 Å². The molecule has 25 heavy (non-hydrogen) atoms. The van der Waals surface area contributed by atoms with Crippen LogP contribution in [-0.2, 0) is 9.53 Å². The third-order valence-corrected chi connectivity index (χ3v) is 3.74. The van der Waals surface area contributed by atoms with Gasteiger partial charge in [0, 0.05) is 23.2 Å². The highest BCUT2D eigenvalue weighted by atomic mass is 16.5. The lowest BCUT2D eigenvalue weighted by molar-refractivity contribution is -0.605. The van der Waals surface area contributed by atoms with E-state index in [2.05, 4.69) is 5.32 Å². The van der Waals surface area contributed by atoms with Crippen LogP contribution in [0.1, 0.15) is 17.3 Å². The molecule has 0 spiro atoms. The molecule has 126 valence electrons. The summed E-state index contributed by atoms with van der Waals surface area (Å²) >= 11 is 0. The second-order valence-electron chi connectivity index (χ2n) is 5.51. The van der Waals surface area contributed by atoms with Gasteiger partial charge in [-0.15, -0.1) is 0 Å². The molecule has 0 radical (unpaired) electrons. The van der Waals surface area contributed by atoms with Crippen molar-refractivity contribution in [2.75, 3.05) is 5.32 Å². The minimum absolute atomic E-state index is 0.205. The van der Waals surface area contributed by atoms with Gasteiger partial charge in [0.2, 0.25) is 0 Å². The number of anilines is 1. The molecule has 6 nitrogen and oxygen atoms in total. The largest absolute Gasteiger partial charge is 0.619 e. The van der Waals surface area contributed by atoms with Crippen LogP contribution < -0.4 is 10.0 Å². The van der Waals surface area contributed by atoms with Gasteiger partial charge in [-0.25, -0.2) is 4.79 Å². The van der Waals surface area contributed by atoms with Gasteiger partial charge in [-0.1, -0.05) is 36.4 Å². The highest BCUT2D eigenvalue weighted by Gasteiger charge is 2.20. The summed E-state index contributed by atoms with van der Waals surface area (Å²) in [6.45, 7) is 1.50. The highest BCUT2D eigenvalue weighted by Crippen LogP contribution is 2.23. The fourth-order valence-corrected chi connectivity index (χ4v) is 2.40. The molecule has 0 saturated carbocycles. The number of amides is 1. The predicted molar refractivity (Wildman–Crippen MR) is 92.9 cm³/mol. The molecule has 0 fully saturated rings. The molecule has 0 saturated heterocycles. The van der Waals surface area contributed by atoms with E-state index in [1.165, 1.54) is 31.5 Å². The molecule has 0 bridgehead atoms. The molecule has 0 aliphatic heterocycles. The summed E-state index contributed by atoms with van der Waals surface area (Å²) < 4.78 is 5.72. The standard InChI is InChI=1S/C19H16N2O4/c1-13(25-19(23)15-9-11-21(24)12-10-15)18(22)20-17-8-4-6-14-5-2-3-7-16(14)17/h2-13H,1H3,(H,20,22)/t13-/m0/s1. The molecule has 1 aromatic heterocycles. The van der Waals surface area contributed by atoms with Crippen molar-refractivity contribution in [3.8, 4) is 0 Å². The van der Waals surface area contributed by atoms with Gasteiger partial charge in [0.25, 0.3) is 5.91 Å². The third kappa shape index (κ3) is 3.74. The Morgan fingerprint density at radius 2 is 1.72 bits per heavy atom. The Bertz CT molecular complexity index is 917. The zero-order valence-electron chi connectivity index (χ0n) is 13.5. The number of hydrogen-bond acceptors (Lipinski definition) is 4. The maximum Gasteiger partial charge on any atom is 0.339 e. The number of ether oxygens (including phenoxy) is 1. The lowest BCUT2D eigenvalue weighted by Crippen LogP contribution is -2.30. The van der Waals surface area contributed by atoms with E-state index >= 15 is 0 Å². The molecule has 0 aliphatic rings. The molecular formula is C19H16N2O4. The number of carbonyl (C=O) groups excluding carboxylic acids is 2. The van der Waals surface area contributed by atoms with Crippen molar-refractivity contribution in [2.24, 2.45) is 0 Å². The van der Waals surface area contributed by atoms with Crippen molar-refractivity contribution in [1.29, 1.82) is 0 Å². The van der Waals surface area contributed by atoms with E-state index in [1.54, 1.807) is 6.07 Å². The number of rotatable bonds is 4.